The van der Waals surface area contributed by atoms with Gasteiger partial charge in [0.1, 0.15) is 18.4 Å². The molecule has 0 fully saturated rings. The van der Waals surface area contributed by atoms with E-state index in [4.69, 9.17) is 11.6 Å². The van der Waals surface area contributed by atoms with E-state index >= 15 is 0 Å². The van der Waals surface area contributed by atoms with E-state index in [2.05, 4.69) is 5.32 Å². The molecule has 0 aliphatic heterocycles. The number of hydrogen-bond donors (Lipinski definition) is 1. The Morgan fingerprint density at radius 3 is 2.11 bits per heavy atom. The zero-order chi connectivity index (χ0) is 27.2. The highest BCUT2D eigenvalue weighted by atomic mass is 35.5. The number of halogens is 2. The van der Waals surface area contributed by atoms with E-state index in [-0.39, 0.29) is 17.3 Å². The number of nitrogens with one attached hydrogen (secondary N) is 1. The highest BCUT2D eigenvalue weighted by molar-refractivity contribution is 7.92. The maximum Gasteiger partial charge on any atom is 0.264 e. The number of carbonyl (C=O) groups excluding carboxylic acids is 2. The lowest BCUT2D eigenvalue weighted by molar-refractivity contribution is -0.140. The van der Waals surface area contributed by atoms with Crippen LogP contribution in [0.2, 0.25) is 5.02 Å². The first-order valence-corrected chi connectivity index (χ1v) is 13.5. The Morgan fingerprint density at radius 2 is 1.57 bits per heavy atom. The minimum atomic E-state index is -4.17. The first kappa shape index (κ1) is 28.1. The minimum absolute atomic E-state index is 0.00618. The van der Waals surface area contributed by atoms with Crippen molar-refractivity contribution in [2.45, 2.75) is 37.8 Å². The standard InChI is InChI=1S/C27H29ClFN3O4S/c1-4-25(27(34)30-3)31(17-20-7-11-22(29)12-8-20)26(33)18-32(23-13-5-19(2)6-14-23)37(35,36)24-15-9-21(28)10-16-24/h5-16,25H,4,17-18H2,1-3H3,(H,30,34). The van der Waals surface area contributed by atoms with Crippen LogP contribution < -0.4 is 9.62 Å². The van der Waals surface area contributed by atoms with Gasteiger partial charge in [-0.1, -0.05) is 48.4 Å². The molecule has 0 heterocycles. The van der Waals surface area contributed by atoms with E-state index in [0.717, 1.165) is 9.87 Å². The molecule has 37 heavy (non-hydrogen) atoms. The largest absolute Gasteiger partial charge is 0.357 e. The third kappa shape index (κ3) is 6.87. The maximum absolute atomic E-state index is 13.8. The van der Waals surface area contributed by atoms with Gasteiger partial charge >= 0.3 is 0 Å². The molecule has 10 heteroatoms. The molecule has 0 radical (unpaired) electrons. The molecule has 0 spiro atoms. The molecule has 0 aliphatic rings. The van der Waals surface area contributed by atoms with Crippen molar-refractivity contribution < 1.29 is 22.4 Å². The van der Waals surface area contributed by atoms with E-state index in [1.807, 2.05) is 6.92 Å². The van der Waals surface area contributed by atoms with Crippen molar-refractivity contribution in [3.05, 3.63) is 94.8 Å². The Bertz CT molecular complexity index is 1330. The number of aryl methyl sites for hydroxylation is 1. The maximum atomic E-state index is 13.8. The van der Waals surface area contributed by atoms with Crippen molar-refractivity contribution >= 4 is 39.1 Å². The highest BCUT2D eigenvalue weighted by Gasteiger charge is 2.33. The molecule has 0 aromatic heterocycles. The molecule has 0 saturated heterocycles. The van der Waals surface area contributed by atoms with Gasteiger partial charge in [-0.25, -0.2) is 12.8 Å². The molecule has 3 aromatic carbocycles. The van der Waals surface area contributed by atoms with Crippen LogP contribution in [0.25, 0.3) is 0 Å². The number of likely N-dealkylation sites (N-methyl/N-ethyl adjacent to an activating group) is 1. The van der Waals surface area contributed by atoms with Crippen molar-refractivity contribution in [2.24, 2.45) is 0 Å². The van der Waals surface area contributed by atoms with Gasteiger partial charge in [0.2, 0.25) is 11.8 Å². The summed E-state index contributed by atoms with van der Waals surface area (Å²) in [5.74, 6) is -1.40. The van der Waals surface area contributed by atoms with Crippen LogP contribution in [0, 0.1) is 12.7 Å². The molecule has 1 unspecified atom stereocenters. The Balaban J connectivity index is 2.04. The van der Waals surface area contributed by atoms with Crippen LogP contribution >= 0.6 is 11.6 Å². The third-order valence-corrected chi connectivity index (χ3v) is 7.94. The number of amides is 2. The number of benzene rings is 3. The molecular formula is C27H29ClFN3O4S. The lowest BCUT2D eigenvalue weighted by Crippen LogP contribution is -2.51. The van der Waals surface area contributed by atoms with Gasteiger partial charge in [-0.2, -0.15) is 0 Å². The van der Waals surface area contributed by atoms with Crippen molar-refractivity contribution in [1.82, 2.24) is 10.2 Å². The Labute approximate surface area is 221 Å². The van der Waals surface area contributed by atoms with Crippen LogP contribution in [0.15, 0.2) is 77.7 Å². The third-order valence-electron chi connectivity index (χ3n) is 5.90. The first-order valence-electron chi connectivity index (χ1n) is 11.7. The summed E-state index contributed by atoms with van der Waals surface area (Å²) in [4.78, 5) is 27.7. The van der Waals surface area contributed by atoms with Gasteiger partial charge < -0.3 is 10.2 Å². The average molecular weight is 546 g/mol. The number of hydrogen-bond acceptors (Lipinski definition) is 4. The van der Waals surface area contributed by atoms with E-state index < -0.39 is 34.3 Å². The smallest absolute Gasteiger partial charge is 0.264 e. The van der Waals surface area contributed by atoms with Crippen LogP contribution in [0.5, 0.6) is 0 Å². The molecular weight excluding hydrogens is 517 g/mol. The zero-order valence-electron chi connectivity index (χ0n) is 20.8. The van der Waals surface area contributed by atoms with Crippen molar-refractivity contribution in [3.63, 3.8) is 0 Å². The summed E-state index contributed by atoms with van der Waals surface area (Å²) >= 11 is 5.95. The second-order valence-corrected chi connectivity index (χ2v) is 10.8. The quantitative estimate of drug-likeness (QED) is 0.405. The monoisotopic (exact) mass is 545 g/mol. The van der Waals surface area contributed by atoms with E-state index in [9.17, 15) is 22.4 Å². The molecule has 3 rings (SSSR count). The van der Waals surface area contributed by atoms with Crippen molar-refractivity contribution in [1.29, 1.82) is 0 Å². The van der Waals surface area contributed by atoms with Gasteiger partial charge in [0.15, 0.2) is 0 Å². The van der Waals surface area contributed by atoms with Crippen LogP contribution in [0.4, 0.5) is 10.1 Å². The van der Waals surface area contributed by atoms with Crippen molar-refractivity contribution in [3.8, 4) is 0 Å². The number of sulfonamides is 1. The molecule has 7 nitrogen and oxygen atoms in total. The SMILES string of the molecule is CCC(C(=O)NC)N(Cc1ccc(F)cc1)C(=O)CN(c1ccc(C)cc1)S(=O)(=O)c1ccc(Cl)cc1. The molecule has 0 aliphatic carbocycles. The molecule has 0 saturated carbocycles. The molecule has 1 N–H and O–H groups in total. The van der Waals surface area contributed by atoms with Gasteiger partial charge in [-0.3, -0.25) is 13.9 Å². The Morgan fingerprint density at radius 1 is 0.973 bits per heavy atom. The Kier molecular flexibility index (Phi) is 9.29. The highest BCUT2D eigenvalue weighted by Crippen LogP contribution is 2.26. The van der Waals surface area contributed by atoms with Gasteiger partial charge in [0.25, 0.3) is 10.0 Å². The normalized spacial score (nSPS) is 12.0. The summed E-state index contributed by atoms with van der Waals surface area (Å²) in [6.45, 7) is 3.07. The molecule has 3 aromatic rings. The second kappa shape index (κ2) is 12.2. The molecule has 1 atom stereocenters. The molecule has 196 valence electrons. The zero-order valence-corrected chi connectivity index (χ0v) is 22.4. The molecule has 0 bridgehead atoms. The summed E-state index contributed by atoms with van der Waals surface area (Å²) < 4.78 is 41.9. The summed E-state index contributed by atoms with van der Waals surface area (Å²) in [7, 11) is -2.70. The first-order chi connectivity index (χ1) is 17.6. The molecule has 2 amide bonds. The van der Waals surface area contributed by atoms with E-state index in [0.29, 0.717) is 22.7 Å². The topological polar surface area (TPSA) is 86.8 Å². The van der Waals surface area contributed by atoms with Crippen LogP contribution in [-0.4, -0.2) is 44.8 Å². The van der Waals surface area contributed by atoms with E-state index in [1.54, 1.807) is 31.2 Å². The minimum Gasteiger partial charge on any atom is -0.357 e. The van der Waals surface area contributed by atoms with Gasteiger partial charge in [0, 0.05) is 18.6 Å². The summed E-state index contributed by atoms with van der Waals surface area (Å²) in [5, 5.41) is 2.94. The number of anilines is 1. The van der Waals surface area contributed by atoms with Crippen LogP contribution in [0.3, 0.4) is 0 Å². The average Bonchev–Trinajstić information content (AvgIpc) is 2.88. The van der Waals surface area contributed by atoms with Gasteiger partial charge in [-0.15, -0.1) is 0 Å². The fourth-order valence-corrected chi connectivity index (χ4v) is 5.39. The lowest BCUT2D eigenvalue weighted by Gasteiger charge is -2.33. The predicted octanol–water partition coefficient (Wildman–Crippen LogP) is 4.54. The fourth-order valence-electron chi connectivity index (χ4n) is 3.85. The van der Waals surface area contributed by atoms with Crippen LogP contribution in [-0.2, 0) is 26.2 Å². The van der Waals surface area contributed by atoms with Gasteiger partial charge in [-0.05, 0) is 67.4 Å². The lowest BCUT2D eigenvalue weighted by atomic mass is 10.1. The second-order valence-electron chi connectivity index (χ2n) is 8.49. The van der Waals surface area contributed by atoms with Gasteiger partial charge in [0.05, 0.1) is 10.6 Å². The number of rotatable bonds is 10. The van der Waals surface area contributed by atoms with Crippen molar-refractivity contribution in [2.75, 3.05) is 17.9 Å². The summed E-state index contributed by atoms with van der Waals surface area (Å²) in [6.07, 6.45) is 0.293. The Hall–Kier alpha value is -3.43. The fraction of sp³-hybridized carbons (Fsp3) is 0.259. The summed E-state index contributed by atoms with van der Waals surface area (Å²) in [5.41, 5.74) is 1.81. The number of nitrogens with zero attached hydrogens (tertiary/aromatic N) is 2. The number of carbonyl (C=O) groups is 2. The van der Waals surface area contributed by atoms with E-state index in [1.165, 1.54) is 60.5 Å². The van der Waals surface area contributed by atoms with Crippen LogP contribution in [0.1, 0.15) is 24.5 Å². The predicted molar refractivity (Wildman–Crippen MR) is 142 cm³/mol. The summed E-state index contributed by atoms with van der Waals surface area (Å²) in [6, 6.07) is 17.1.